The van der Waals surface area contributed by atoms with Crippen LogP contribution in [-0.2, 0) is 11.2 Å². The molecule has 3 rings (SSSR count). The van der Waals surface area contributed by atoms with Gasteiger partial charge in [-0.3, -0.25) is 4.79 Å². The van der Waals surface area contributed by atoms with Crippen LogP contribution < -0.4 is 4.90 Å². The van der Waals surface area contributed by atoms with Crippen molar-refractivity contribution in [3.8, 4) is 0 Å². The second-order valence-electron chi connectivity index (χ2n) is 5.16. The maximum Gasteiger partial charge on any atom is 0.306 e. The number of fused-ring (bicyclic) bond motifs is 1. The zero-order valence-corrected chi connectivity index (χ0v) is 12.7. The molecule has 3 heterocycles. The lowest BCUT2D eigenvalue weighted by atomic mass is 9.97. The number of anilines is 1. The van der Waals surface area contributed by atoms with Gasteiger partial charge in [0.2, 0.25) is 0 Å². The van der Waals surface area contributed by atoms with Crippen molar-refractivity contribution in [2.75, 3.05) is 18.0 Å². The predicted molar refractivity (Wildman–Crippen MR) is 82.2 cm³/mol. The standard InChI is InChI=1S/C14H18N4O2.ClH/c1-2-12-15-16-13(11-4-3-7-18(11)12)17-8-5-10(6-9-17)14(19)20;/h3-4,7,10H,2,5-6,8-9H2,1H3,(H,19,20);1H. The molecule has 1 aliphatic rings. The average Bonchev–Trinajstić information content (AvgIpc) is 2.95. The molecule has 7 heteroatoms. The summed E-state index contributed by atoms with van der Waals surface area (Å²) in [6, 6.07) is 4.03. The van der Waals surface area contributed by atoms with E-state index in [9.17, 15) is 4.79 Å². The van der Waals surface area contributed by atoms with Gasteiger partial charge in [0.05, 0.1) is 11.4 Å². The zero-order chi connectivity index (χ0) is 14.1. The first-order chi connectivity index (χ1) is 9.70. The summed E-state index contributed by atoms with van der Waals surface area (Å²) in [4.78, 5) is 13.1. The summed E-state index contributed by atoms with van der Waals surface area (Å²) in [5, 5.41) is 17.7. The van der Waals surface area contributed by atoms with Crippen molar-refractivity contribution in [1.29, 1.82) is 0 Å². The van der Waals surface area contributed by atoms with E-state index >= 15 is 0 Å². The Morgan fingerprint density at radius 1 is 1.38 bits per heavy atom. The van der Waals surface area contributed by atoms with E-state index in [2.05, 4.69) is 26.4 Å². The molecule has 0 spiro atoms. The molecule has 0 unspecified atom stereocenters. The molecule has 2 aromatic rings. The lowest BCUT2D eigenvalue weighted by molar-refractivity contribution is -0.142. The average molecular weight is 311 g/mol. The fraction of sp³-hybridized carbons (Fsp3) is 0.500. The highest BCUT2D eigenvalue weighted by molar-refractivity contribution is 5.85. The van der Waals surface area contributed by atoms with Gasteiger partial charge >= 0.3 is 5.97 Å². The lowest BCUT2D eigenvalue weighted by Crippen LogP contribution is -2.37. The topological polar surface area (TPSA) is 70.7 Å². The van der Waals surface area contributed by atoms with E-state index in [1.165, 1.54) is 0 Å². The molecule has 0 saturated carbocycles. The van der Waals surface area contributed by atoms with Crippen molar-refractivity contribution in [2.45, 2.75) is 26.2 Å². The van der Waals surface area contributed by atoms with E-state index in [1.54, 1.807) is 0 Å². The molecule has 1 saturated heterocycles. The minimum Gasteiger partial charge on any atom is -0.481 e. The fourth-order valence-electron chi connectivity index (χ4n) is 2.80. The number of hydrogen-bond donors (Lipinski definition) is 1. The number of aliphatic carboxylic acids is 1. The normalized spacial score (nSPS) is 16.0. The van der Waals surface area contributed by atoms with Crippen LogP contribution in [0.3, 0.4) is 0 Å². The van der Waals surface area contributed by atoms with Crippen molar-refractivity contribution in [3.05, 3.63) is 24.2 Å². The van der Waals surface area contributed by atoms with Gasteiger partial charge in [-0.2, -0.15) is 0 Å². The van der Waals surface area contributed by atoms with Gasteiger partial charge in [0.15, 0.2) is 5.82 Å². The quantitative estimate of drug-likeness (QED) is 0.939. The summed E-state index contributed by atoms with van der Waals surface area (Å²) < 4.78 is 2.06. The molecular weight excluding hydrogens is 292 g/mol. The lowest BCUT2D eigenvalue weighted by Gasteiger charge is -2.31. The Kier molecular flexibility index (Phi) is 4.67. The van der Waals surface area contributed by atoms with E-state index < -0.39 is 5.97 Å². The Bertz CT molecular complexity index is 635. The summed E-state index contributed by atoms with van der Waals surface area (Å²) in [5.41, 5.74) is 1.05. The van der Waals surface area contributed by atoms with Gasteiger partial charge in [0, 0.05) is 25.7 Å². The molecule has 21 heavy (non-hydrogen) atoms. The molecule has 0 amide bonds. The van der Waals surface area contributed by atoms with Crippen molar-refractivity contribution in [1.82, 2.24) is 14.6 Å². The first-order valence-electron chi connectivity index (χ1n) is 7.01. The van der Waals surface area contributed by atoms with Crippen molar-refractivity contribution in [2.24, 2.45) is 5.92 Å². The van der Waals surface area contributed by atoms with Gasteiger partial charge in [-0.25, -0.2) is 0 Å². The van der Waals surface area contributed by atoms with E-state index in [1.807, 2.05) is 18.3 Å². The maximum atomic E-state index is 11.0. The van der Waals surface area contributed by atoms with Crippen molar-refractivity contribution >= 4 is 29.7 Å². The summed E-state index contributed by atoms with van der Waals surface area (Å²) in [6.07, 6.45) is 4.16. The molecule has 0 radical (unpaired) electrons. The third kappa shape index (κ3) is 2.81. The molecule has 1 aliphatic heterocycles. The number of hydrogen-bond acceptors (Lipinski definition) is 4. The second-order valence-corrected chi connectivity index (χ2v) is 5.16. The van der Waals surface area contributed by atoms with E-state index in [-0.39, 0.29) is 18.3 Å². The number of carboxylic acids is 1. The van der Waals surface area contributed by atoms with Crippen LogP contribution in [0.25, 0.3) is 5.52 Å². The molecule has 1 fully saturated rings. The van der Waals surface area contributed by atoms with Crippen LogP contribution in [0.5, 0.6) is 0 Å². The summed E-state index contributed by atoms with van der Waals surface area (Å²) >= 11 is 0. The van der Waals surface area contributed by atoms with E-state index in [4.69, 9.17) is 5.11 Å². The monoisotopic (exact) mass is 310 g/mol. The van der Waals surface area contributed by atoms with Crippen LogP contribution in [0.4, 0.5) is 5.82 Å². The largest absolute Gasteiger partial charge is 0.481 e. The van der Waals surface area contributed by atoms with Crippen LogP contribution in [-0.4, -0.2) is 38.8 Å². The van der Waals surface area contributed by atoms with Crippen LogP contribution in [0.2, 0.25) is 0 Å². The van der Waals surface area contributed by atoms with Crippen LogP contribution in [0.1, 0.15) is 25.6 Å². The van der Waals surface area contributed by atoms with Crippen LogP contribution in [0, 0.1) is 5.92 Å². The van der Waals surface area contributed by atoms with E-state index in [0.717, 1.165) is 36.7 Å². The molecule has 0 bridgehead atoms. The molecule has 2 aromatic heterocycles. The zero-order valence-electron chi connectivity index (χ0n) is 11.9. The van der Waals surface area contributed by atoms with Gasteiger partial charge in [-0.05, 0) is 25.0 Å². The summed E-state index contributed by atoms with van der Waals surface area (Å²) in [6.45, 7) is 3.50. The smallest absolute Gasteiger partial charge is 0.306 e. The number of halogens is 1. The number of aromatic nitrogens is 3. The molecule has 1 N–H and O–H groups in total. The van der Waals surface area contributed by atoms with Gasteiger partial charge in [0.1, 0.15) is 5.82 Å². The summed E-state index contributed by atoms with van der Waals surface area (Å²) in [7, 11) is 0. The Labute approximate surface area is 129 Å². The third-order valence-electron chi connectivity index (χ3n) is 3.98. The number of piperidine rings is 1. The number of carboxylic acid groups (broad SMARTS) is 1. The maximum absolute atomic E-state index is 11.0. The van der Waals surface area contributed by atoms with E-state index in [0.29, 0.717) is 12.8 Å². The Morgan fingerprint density at radius 3 is 2.71 bits per heavy atom. The highest BCUT2D eigenvalue weighted by Gasteiger charge is 2.26. The molecular formula is C14H19ClN4O2. The molecule has 6 nitrogen and oxygen atoms in total. The number of rotatable bonds is 3. The van der Waals surface area contributed by atoms with Gasteiger partial charge in [0.25, 0.3) is 0 Å². The van der Waals surface area contributed by atoms with Crippen LogP contribution >= 0.6 is 12.4 Å². The van der Waals surface area contributed by atoms with Crippen molar-refractivity contribution in [3.63, 3.8) is 0 Å². The fourth-order valence-corrected chi connectivity index (χ4v) is 2.80. The number of aryl methyl sites for hydroxylation is 1. The minimum atomic E-state index is -0.690. The Balaban J connectivity index is 0.00000161. The predicted octanol–water partition coefficient (Wildman–Crippen LogP) is 2.01. The highest BCUT2D eigenvalue weighted by atomic mass is 35.5. The number of nitrogens with zero attached hydrogens (tertiary/aromatic N) is 4. The molecule has 114 valence electrons. The Hall–Kier alpha value is -1.82. The Morgan fingerprint density at radius 2 is 2.10 bits per heavy atom. The van der Waals surface area contributed by atoms with Gasteiger partial charge in [-0.15, -0.1) is 22.6 Å². The first-order valence-corrected chi connectivity index (χ1v) is 7.01. The molecule has 0 atom stereocenters. The van der Waals surface area contributed by atoms with Crippen molar-refractivity contribution < 1.29 is 9.90 Å². The molecule has 0 aliphatic carbocycles. The minimum absolute atomic E-state index is 0. The summed E-state index contributed by atoms with van der Waals surface area (Å²) in [5.74, 6) is 0.882. The SMILES string of the molecule is CCc1nnc(N2CCC(C(=O)O)CC2)c2cccn12.Cl. The second kappa shape index (κ2) is 6.30. The van der Waals surface area contributed by atoms with Gasteiger partial charge in [-0.1, -0.05) is 6.92 Å². The number of carbonyl (C=O) groups is 1. The van der Waals surface area contributed by atoms with Crippen LogP contribution in [0.15, 0.2) is 18.3 Å². The molecule has 0 aromatic carbocycles. The highest BCUT2D eigenvalue weighted by Crippen LogP contribution is 2.25. The third-order valence-corrected chi connectivity index (χ3v) is 3.98. The van der Waals surface area contributed by atoms with Gasteiger partial charge < -0.3 is 14.4 Å². The first kappa shape index (κ1) is 15.6.